The van der Waals surface area contributed by atoms with Crippen LogP contribution in [0.4, 0.5) is 0 Å². The lowest BCUT2D eigenvalue weighted by atomic mass is 9.97. The molecule has 0 aromatic rings. The van der Waals surface area contributed by atoms with Gasteiger partial charge in [-0.15, -0.1) is 0 Å². The third-order valence-electron chi connectivity index (χ3n) is 8.54. The molecule has 2 saturated heterocycles. The summed E-state index contributed by atoms with van der Waals surface area (Å²) in [6.07, 6.45) is 4.40. The lowest BCUT2D eigenvalue weighted by Crippen LogP contribution is -2.65. The normalized spacial score (nSPS) is 32.3. The number of unbranched alkanes of at least 4 members (excludes halogenated alkanes) is 6. The molecule has 14 nitrogen and oxygen atoms in total. The van der Waals surface area contributed by atoms with E-state index in [-0.39, 0.29) is 18.9 Å². The minimum absolute atomic E-state index is 0.260. The highest BCUT2D eigenvalue weighted by Gasteiger charge is 2.50. The van der Waals surface area contributed by atoms with E-state index in [2.05, 4.69) is 43.5 Å². The lowest BCUT2D eigenvalue weighted by molar-refractivity contribution is -0.359. The van der Waals surface area contributed by atoms with Crippen LogP contribution in [0.2, 0.25) is 0 Å². The Kier molecular flexibility index (Phi) is 21.6. The van der Waals surface area contributed by atoms with E-state index in [9.17, 15) is 45.6 Å². The summed E-state index contributed by atoms with van der Waals surface area (Å²) in [4.78, 5) is 12.7. The first kappa shape index (κ1) is 43.4. The van der Waals surface area contributed by atoms with Crippen LogP contribution in [0.3, 0.4) is 0 Å². The van der Waals surface area contributed by atoms with Gasteiger partial charge in [-0.25, -0.2) is 0 Å². The van der Waals surface area contributed by atoms with Crippen molar-refractivity contribution in [1.82, 2.24) is 5.32 Å². The molecule has 2 aliphatic heterocycles. The summed E-state index contributed by atoms with van der Waals surface area (Å²) in [6.45, 7) is 2.47. The van der Waals surface area contributed by atoms with Crippen LogP contribution in [0.1, 0.15) is 84.5 Å². The van der Waals surface area contributed by atoms with Crippen molar-refractivity contribution in [1.29, 1.82) is 0 Å². The fourth-order valence-corrected chi connectivity index (χ4v) is 5.50. The summed E-state index contributed by atoms with van der Waals surface area (Å²) in [7, 11) is 0. The minimum Gasteiger partial charge on any atom is -0.394 e. The number of aliphatic hydroxyl groups excluding tert-OH is 8. The van der Waals surface area contributed by atoms with Gasteiger partial charge in [0, 0.05) is 6.42 Å². The molecule has 14 heteroatoms. The molecule has 2 rings (SSSR count). The number of carbonyl (C=O) groups excluding carboxylic acids is 1. The zero-order chi connectivity index (χ0) is 36.2. The summed E-state index contributed by atoms with van der Waals surface area (Å²) >= 11 is 0. The van der Waals surface area contributed by atoms with Gasteiger partial charge in [0.2, 0.25) is 5.91 Å². The smallest absolute Gasteiger partial charge is 0.220 e. The maximum atomic E-state index is 12.7. The van der Waals surface area contributed by atoms with E-state index < -0.39 is 86.8 Å². The quantitative estimate of drug-likeness (QED) is 0.0522. The molecule has 0 saturated carbocycles. The molecule has 9 N–H and O–H groups in total. The zero-order valence-electron chi connectivity index (χ0n) is 28.9. The van der Waals surface area contributed by atoms with Gasteiger partial charge in [0.05, 0.1) is 32.0 Å². The van der Waals surface area contributed by atoms with E-state index >= 15 is 0 Å². The van der Waals surface area contributed by atoms with Gasteiger partial charge in [0.25, 0.3) is 0 Å². The number of amides is 1. The monoisotopic (exact) mass is 703 g/mol. The first-order valence-electron chi connectivity index (χ1n) is 17.7. The second kappa shape index (κ2) is 24.4. The third kappa shape index (κ3) is 14.8. The molecular formula is C35H61NO13. The number of hydrogen-bond donors (Lipinski definition) is 9. The molecule has 2 fully saturated rings. The molecule has 0 bridgehead atoms. The molecule has 12 unspecified atom stereocenters. The summed E-state index contributed by atoms with van der Waals surface area (Å²) < 4.78 is 22.3. The number of aliphatic hydroxyl groups is 8. The second-order valence-electron chi connectivity index (χ2n) is 12.6. The first-order chi connectivity index (χ1) is 23.6. The van der Waals surface area contributed by atoms with Crippen molar-refractivity contribution in [2.75, 3.05) is 19.8 Å². The minimum atomic E-state index is -1.79. The van der Waals surface area contributed by atoms with Crippen molar-refractivity contribution in [2.24, 2.45) is 0 Å². The van der Waals surface area contributed by atoms with Gasteiger partial charge in [-0.05, 0) is 38.5 Å². The number of rotatable bonds is 23. The molecule has 0 aliphatic carbocycles. The molecule has 0 spiro atoms. The number of nitrogens with one attached hydrogen (secondary N) is 1. The van der Waals surface area contributed by atoms with Gasteiger partial charge < -0.3 is 65.1 Å². The van der Waals surface area contributed by atoms with Gasteiger partial charge in [0.1, 0.15) is 48.8 Å². The Morgan fingerprint density at radius 3 is 1.92 bits per heavy atom. The van der Waals surface area contributed by atoms with Gasteiger partial charge in [0.15, 0.2) is 12.6 Å². The van der Waals surface area contributed by atoms with Crippen molar-refractivity contribution in [3.63, 3.8) is 0 Å². The van der Waals surface area contributed by atoms with Gasteiger partial charge >= 0.3 is 0 Å². The van der Waals surface area contributed by atoms with E-state index in [1.807, 2.05) is 6.08 Å². The van der Waals surface area contributed by atoms with Crippen molar-refractivity contribution in [3.05, 3.63) is 36.5 Å². The molecule has 284 valence electrons. The summed E-state index contributed by atoms with van der Waals surface area (Å²) in [6, 6.07) is -0.927. The van der Waals surface area contributed by atoms with Gasteiger partial charge in [-0.2, -0.15) is 0 Å². The highest BCUT2D eigenvalue weighted by Crippen LogP contribution is 2.29. The van der Waals surface area contributed by atoms with Crippen LogP contribution in [0.5, 0.6) is 0 Å². The Bertz CT molecular complexity index is 977. The Balaban J connectivity index is 2.01. The summed E-state index contributed by atoms with van der Waals surface area (Å²) in [5.41, 5.74) is 0. The SMILES string of the molecule is CCC/C=C/CC/C=C/CC/C=C/C(O)C(COC1OC(CO)C(OC2OC(CO)C(O)C(O)C2O)C(O)C1O)NC(=O)CCCCCC. The van der Waals surface area contributed by atoms with Crippen LogP contribution in [0, 0.1) is 0 Å². The van der Waals surface area contributed by atoms with Crippen molar-refractivity contribution >= 4 is 5.91 Å². The van der Waals surface area contributed by atoms with Crippen LogP contribution < -0.4 is 5.32 Å². The van der Waals surface area contributed by atoms with Crippen molar-refractivity contribution in [2.45, 2.75) is 158 Å². The molecule has 2 heterocycles. The van der Waals surface area contributed by atoms with Crippen molar-refractivity contribution < 1.29 is 64.6 Å². The maximum absolute atomic E-state index is 12.7. The van der Waals surface area contributed by atoms with E-state index in [0.29, 0.717) is 12.8 Å². The van der Waals surface area contributed by atoms with Crippen LogP contribution in [0.25, 0.3) is 0 Å². The van der Waals surface area contributed by atoms with E-state index in [1.54, 1.807) is 6.08 Å². The number of allylic oxidation sites excluding steroid dienone is 5. The lowest BCUT2D eigenvalue weighted by Gasteiger charge is -2.46. The summed E-state index contributed by atoms with van der Waals surface area (Å²) in [5.74, 6) is -0.278. The fourth-order valence-electron chi connectivity index (χ4n) is 5.50. The number of carbonyl (C=O) groups is 1. The molecule has 49 heavy (non-hydrogen) atoms. The zero-order valence-corrected chi connectivity index (χ0v) is 28.9. The molecule has 0 aromatic carbocycles. The average Bonchev–Trinajstić information content (AvgIpc) is 3.09. The largest absolute Gasteiger partial charge is 0.394 e. The summed E-state index contributed by atoms with van der Waals surface area (Å²) in [5, 5.41) is 85.4. The second-order valence-corrected chi connectivity index (χ2v) is 12.6. The molecule has 12 atom stereocenters. The third-order valence-corrected chi connectivity index (χ3v) is 8.54. The molecule has 0 aromatic heterocycles. The molecular weight excluding hydrogens is 642 g/mol. The van der Waals surface area contributed by atoms with Crippen LogP contribution in [0.15, 0.2) is 36.5 Å². The number of ether oxygens (including phenoxy) is 4. The maximum Gasteiger partial charge on any atom is 0.220 e. The van der Waals surface area contributed by atoms with Gasteiger partial charge in [-0.1, -0.05) is 76.0 Å². The molecule has 1 amide bonds. The predicted molar refractivity (Wildman–Crippen MR) is 180 cm³/mol. The highest BCUT2D eigenvalue weighted by atomic mass is 16.7. The Morgan fingerprint density at radius 2 is 1.31 bits per heavy atom. The van der Waals surface area contributed by atoms with Crippen LogP contribution in [-0.4, -0.2) is 140 Å². The van der Waals surface area contributed by atoms with Crippen molar-refractivity contribution in [3.8, 4) is 0 Å². The number of hydrogen-bond acceptors (Lipinski definition) is 13. The van der Waals surface area contributed by atoms with Crippen LogP contribution in [-0.2, 0) is 23.7 Å². The predicted octanol–water partition coefficient (Wildman–Crippen LogP) is 0.472. The topological polar surface area (TPSA) is 228 Å². The Morgan fingerprint density at radius 1 is 0.714 bits per heavy atom. The first-order valence-corrected chi connectivity index (χ1v) is 17.7. The van der Waals surface area contributed by atoms with E-state index in [1.165, 1.54) is 0 Å². The Hall–Kier alpha value is -1.79. The molecule has 2 aliphatic rings. The van der Waals surface area contributed by atoms with E-state index in [4.69, 9.17) is 18.9 Å². The average molecular weight is 704 g/mol. The van der Waals surface area contributed by atoms with Gasteiger partial charge in [-0.3, -0.25) is 4.79 Å². The standard InChI is InChI=1S/C35H61NO13/c1-3-5-7-9-10-11-12-13-14-15-16-18-24(39)23(36-27(40)19-17-8-6-4-2)22-46-34-32(45)30(43)33(26(21-38)48-34)49-35-31(44)29(42)28(41)25(20-37)47-35/h7,9,12-13,16,18,23-26,28-35,37-39,41-45H,3-6,8,10-11,14-15,17,19-22H2,1-2H3,(H,36,40)/b9-7+,13-12+,18-16+. The Labute approximate surface area is 290 Å². The fraction of sp³-hybridized carbons (Fsp3) is 0.800. The molecule has 0 radical (unpaired) electrons. The van der Waals surface area contributed by atoms with E-state index in [0.717, 1.165) is 51.4 Å². The van der Waals surface area contributed by atoms with Crippen LogP contribution >= 0.6 is 0 Å². The highest BCUT2D eigenvalue weighted by molar-refractivity contribution is 5.76.